The van der Waals surface area contributed by atoms with Gasteiger partial charge in [-0.15, -0.1) is 0 Å². The summed E-state index contributed by atoms with van der Waals surface area (Å²) in [6.45, 7) is 2.42. The summed E-state index contributed by atoms with van der Waals surface area (Å²) >= 11 is 0. The molecule has 2 atom stereocenters. The lowest BCUT2D eigenvalue weighted by atomic mass is 10.1. The fourth-order valence-corrected chi connectivity index (χ4v) is 2.07. The number of benzene rings is 1. The Kier molecular flexibility index (Phi) is 7.46. The van der Waals surface area contributed by atoms with Crippen LogP contribution in [0.15, 0.2) is 42.5 Å². The first-order valence-corrected chi connectivity index (χ1v) is 7.39. The summed E-state index contributed by atoms with van der Waals surface area (Å²) in [6.07, 6.45) is 6.50. The third-order valence-electron chi connectivity index (χ3n) is 3.28. The van der Waals surface area contributed by atoms with Gasteiger partial charge >= 0.3 is 0 Å². The normalized spacial score (nSPS) is 19.0. The maximum Gasteiger partial charge on any atom is 0.146 e. The predicted octanol–water partition coefficient (Wildman–Crippen LogP) is 2.93. The quantitative estimate of drug-likeness (QED) is 0.272. The first-order valence-electron chi connectivity index (χ1n) is 7.39. The second-order valence-electron chi connectivity index (χ2n) is 5.03. The zero-order valence-electron chi connectivity index (χ0n) is 12.6. The Labute approximate surface area is 126 Å². The van der Waals surface area contributed by atoms with Crippen LogP contribution in [0, 0.1) is 0 Å². The lowest BCUT2D eigenvalue weighted by molar-refractivity contribution is -0.0814. The highest BCUT2D eigenvalue weighted by Gasteiger charge is 2.32. The molecule has 1 saturated heterocycles. The lowest BCUT2D eigenvalue weighted by Crippen LogP contribution is -2.20. The largest absolute Gasteiger partial charge is 0.373 e. The Hall–Kier alpha value is -1.20. The maximum absolute atomic E-state index is 5.59. The zero-order valence-corrected chi connectivity index (χ0v) is 12.6. The van der Waals surface area contributed by atoms with Crippen LogP contribution in [0.25, 0.3) is 0 Å². The van der Waals surface area contributed by atoms with Crippen LogP contribution < -0.4 is 0 Å². The fourth-order valence-electron chi connectivity index (χ4n) is 2.07. The molecule has 21 heavy (non-hydrogen) atoms. The van der Waals surface area contributed by atoms with Gasteiger partial charge in [-0.2, -0.15) is 0 Å². The number of hydrogen-bond acceptors (Lipinski definition) is 4. The zero-order chi connectivity index (χ0) is 14.8. The molecule has 0 unspecified atom stereocenters. The van der Waals surface area contributed by atoms with E-state index in [2.05, 4.69) is 24.3 Å². The molecule has 0 N–H and O–H groups in total. The summed E-state index contributed by atoms with van der Waals surface area (Å²) in [4.78, 5) is 0. The van der Waals surface area contributed by atoms with Crippen molar-refractivity contribution in [1.82, 2.24) is 0 Å². The summed E-state index contributed by atoms with van der Waals surface area (Å²) in [5, 5.41) is 0. The summed E-state index contributed by atoms with van der Waals surface area (Å²) in [5.74, 6) is 0. The van der Waals surface area contributed by atoms with E-state index in [1.165, 1.54) is 5.56 Å². The third-order valence-corrected chi connectivity index (χ3v) is 3.28. The number of rotatable bonds is 11. The molecule has 1 aromatic carbocycles. The first kappa shape index (κ1) is 16.2. The minimum Gasteiger partial charge on any atom is -0.373 e. The van der Waals surface area contributed by atoms with E-state index in [1.807, 2.05) is 18.2 Å². The molecule has 1 aromatic rings. The van der Waals surface area contributed by atoms with Crippen LogP contribution in [0.4, 0.5) is 0 Å². The minimum absolute atomic E-state index is 0.139. The van der Waals surface area contributed by atoms with Gasteiger partial charge in [0, 0.05) is 7.11 Å². The summed E-state index contributed by atoms with van der Waals surface area (Å²) in [5.41, 5.74) is 1.20. The molecule has 1 fully saturated rings. The molecule has 1 aliphatic heterocycles. The molecule has 0 aromatic heterocycles. The van der Waals surface area contributed by atoms with Crippen molar-refractivity contribution in [2.75, 3.05) is 27.1 Å². The van der Waals surface area contributed by atoms with Gasteiger partial charge in [-0.3, -0.25) is 0 Å². The summed E-state index contributed by atoms with van der Waals surface area (Å²) in [7, 11) is 1.63. The molecule has 0 spiro atoms. The summed E-state index contributed by atoms with van der Waals surface area (Å²) in [6, 6.07) is 10.2. The van der Waals surface area contributed by atoms with Crippen LogP contribution in [0.2, 0.25) is 0 Å². The molecule has 0 amide bonds. The van der Waals surface area contributed by atoms with Gasteiger partial charge < -0.3 is 18.9 Å². The van der Waals surface area contributed by atoms with Crippen LogP contribution in [0.3, 0.4) is 0 Å². The van der Waals surface area contributed by atoms with Crippen molar-refractivity contribution >= 4 is 0 Å². The molecule has 2 rings (SSSR count). The average molecular weight is 292 g/mol. The van der Waals surface area contributed by atoms with Crippen molar-refractivity contribution in [2.45, 2.75) is 31.7 Å². The van der Waals surface area contributed by atoms with Crippen molar-refractivity contribution in [3.8, 4) is 0 Å². The van der Waals surface area contributed by atoms with Crippen LogP contribution in [-0.2, 0) is 25.6 Å². The van der Waals surface area contributed by atoms with Crippen LogP contribution in [0.5, 0.6) is 0 Å². The molecular formula is C17H24O4. The second-order valence-corrected chi connectivity index (χ2v) is 5.03. The Morgan fingerprint density at radius 3 is 2.81 bits per heavy atom. The highest BCUT2D eigenvalue weighted by Crippen LogP contribution is 2.21. The molecule has 0 bridgehead atoms. The highest BCUT2D eigenvalue weighted by atomic mass is 16.7. The van der Waals surface area contributed by atoms with Crippen molar-refractivity contribution in [3.05, 3.63) is 48.0 Å². The SMILES string of the molecule is COCO[C@H](CC/C=C/COCc1ccccc1)[C@@H]1CO1. The topological polar surface area (TPSA) is 40.2 Å². The number of hydrogen-bond donors (Lipinski definition) is 0. The van der Waals surface area contributed by atoms with Crippen molar-refractivity contribution in [1.29, 1.82) is 0 Å². The average Bonchev–Trinajstić information content (AvgIpc) is 3.35. The minimum atomic E-state index is 0.139. The van der Waals surface area contributed by atoms with Crippen LogP contribution in [-0.4, -0.2) is 39.3 Å². The first-order chi connectivity index (χ1) is 10.4. The van der Waals surface area contributed by atoms with E-state index in [-0.39, 0.29) is 12.2 Å². The van der Waals surface area contributed by atoms with E-state index in [0.717, 1.165) is 19.4 Å². The summed E-state index contributed by atoms with van der Waals surface area (Å²) < 4.78 is 21.4. The van der Waals surface area contributed by atoms with Crippen molar-refractivity contribution in [3.63, 3.8) is 0 Å². The number of allylic oxidation sites excluding steroid dienone is 1. The molecule has 1 aliphatic rings. The van der Waals surface area contributed by atoms with E-state index in [9.17, 15) is 0 Å². The Morgan fingerprint density at radius 1 is 1.29 bits per heavy atom. The monoisotopic (exact) mass is 292 g/mol. The number of methoxy groups -OCH3 is 1. The molecule has 4 nitrogen and oxygen atoms in total. The predicted molar refractivity (Wildman–Crippen MR) is 81.0 cm³/mol. The Morgan fingerprint density at radius 2 is 2.10 bits per heavy atom. The van der Waals surface area contributed by atoms with E-state index >= 15 is 0 Å². The molecule has 0 aliphatic carbocycles. The van der Waals surface area contributed by atoms with Gasteiger partial charge in [0.1, 0.15) is 12.9 Å². The van der Waals surface area contributed by atoms with E-state index < -0.39 is 0 Å². The van der Waals surface area contributed by atoms with Crippen molar-refractivity contribution in [2.24, 2.45) is 0 Å². The molecule has 1 heterocycles. The maximum atomic E-state index is 5.59. The van der Waals surface area contributed by atoms with Gasteiger partial charge in [0.2, 0.25) is 0 Å². The Balaban J connectivity index is 1.53. The van der Waals surface area contributed by atoms with Gasteiger partial charge in [-0.1, -0.05) is 42.5 Å². The molecule has 116 valence electrons. The third kappa shape index (κ3) is 6.87. The molecule has 0 radical (unpaired) electrons. The van der Waals surface area contributed by atoms with Crippen molar-refractivity contribution < 1.29 is 18.9 Å². The fraction of sp³-hybridized carbons (Fsp3) is 0.529. The van der Waals surface area contributed by atoms with Crippen LogP contribution >= 0.6 is 0 Å². The standard InChI is InChI=1S/C17H24O4/c1-18-14-21-16(17-13-20-17)10-6-3-7-11-19-12-15-8-4-2-5-9-15/h2-5,7-9,16-17H,6,10-14H2,1H3/b7-3+/t16-,17+/m1/s1. The van der Waals surface area contributed by atoms with Gasteiger partial charge in [0.05, 0.1) is 25.9 Å². The smallest absolute Gasteiger partial charge is 0.146 e. The Bertz CT molecular complexity index is 401. The highest BCUT2D eigenvalue weighted by molar-refractivity contribution is 5.13. The second kappa shape index (κ2) is 9.68. The van der Waals surface area contributed by atoms with Gasteiger partial charge in [0.25, 0.3) is 0 Å². The van der Waals surface area contributed by atoms with Gasteiger partial charge in [-0.25, -0.2) is 0 Å². The van der Waals surface area contributed by atoms with E-state index in [1.54, 1.807) is 7.11 Å². The molecular weight excluding hydrogens is 268 g/mol. The van der Waals surface area contributed by atoms with E-state index in [0.29, 0.717) is 20.0 Å². The van der Waals surface area contributed by atoms with E-state index in [4.69, 9.17) is 18.9 Å². The van der Waals surface area contributed by atoms with Gasteiger partial charge in [0.15, 0.2) is 0 Å². The molecule has 0 saturated carbocycles. The number of ether oxygens (including phenoxy) is 4. The van der Waals surface area contributed by atoms with Gasteiger partial charge in [-0.05, 0) is 18.4 Å². The number of epoxide rings is 1. The molecule has 4 heteroatoms. The van der Waals surface area contributed by atoms with Crippen LogP contribution in [0.1, 0.15) is 18.4 Å². The lowest BCUT2D eigenvalue weighted by Gasteiger charge is -2.13.